The van der Waals surface area contributed by atoms with Crippen LogP contribution in [0.2, 0.25) is 0 Å². The van der Waals surface area contributed by atoms with E-state index >= 15 is 0 Å². The van der Waals surface area contributed by atoms with Gasteiger partial charge in [0.1, 0.15) is 0 Å². The van der Waals surface area contributed by atoms with Crippen molar-refractivity contribution in [2.45, 2.75) is 6.17 Å². The van der Waals surface area contributed by atoms with Gasteiger partial charge in [0, 0.05) is 0 Å². The maximum absolute atomic E-state index is 10.4. The lowest BCUT2D eigenvalue weighted by atomic mass is 10.3. The van der Waals surface area contributed by atoms with Crippen molar-refractivity contribution >= 4 is 11.6 Å². The lowest BCUT2D eigenvalue weighted by molar-refractivity contribution is -0.112. The molecule has 1 fully saturated rings. The third-order valence-corrected chi connectivity index (χ3v) is 1.15. The molecule has 48 valence electrons. The maximum Gasteiger partial charge on any atom is 0.269 e. The molecule has 2 rings (SSSR count). The Morgan fingerprint density at radius 1 is 2.00 bits per heavy atom. The van der Waals surface area contributed by atoms with Gasteiger partial charge in [-0.2, -0.15) is 5.43 Å². The number of rotatable bonds is 1. The second-order valence-corrected chi connectivity index (χ2v) is 1.78. The molecule has 1 amide bonds. The minimum absolute atomic E-state index is 0.192. The van der Waals surface area contributed by atoms with Gasteiger partial charge < -0.3 is 5.73 Å². The molecule has 6 nitrogen and oxygen atoms in total. The first-order chi connectivity index (χ1) is 4.29. The summed E-state index contributed by atoms with van der Waals surface area (Å²) in [7, 11) is 0. The van der Waals surface area contributed by atoms with Gasteiger partial charge >= 0.3 is 0 Å². The molecule has 2 heterocycles. The number of nitrogens with two attached hydrogens (primary N) is 1. The topological polar surface area (TPSA) is 89.6 Å². The lowest BCUT2D eigenvalue weighted by Gasteiger charge is -1.86. The fourth-order valence-electron chi connectivity index (χ4n) is 0.648. The highest BCUT2D eigenvalue weighted by atomic mass is 16.9. The number of hydrazine groups is 1. The maximum atomic E-state index is 10.4. The molecule has 0 bridgehead atoms. The van der Waals surface area contributed by atoms with Crippen LogP contribution >= 0.6 is 0 Å². The van der Waals surface area contributed by atoms with Gasteiger partial charge in [-0.3, -0.25) is 9.73 Å². The molecule has 3 N–H and O–H groups in total. The molecular formula is C3H4N4O2. The Hall–Kier alpha value is -1.14. The van der Waals surface area contributed by atoms with Gasteiger partial charge in [-0.25, -0.2) is 0 Å². The predicted octanol–water partition coefficient (Wildman–Crippen LogP) is -2.08. The average molecular weight is 128 g/mol. The molecule has 9 heavy (non-hydrogen) atoms. The van der Waals surface area contributed by atoms with Crippen molar-refractivity contribution in [2.24, 2.45) is 10.9 Å². The standard InChI is InChI=1S/C3H4N4O2/c4-2(8)1-3-5-7(3)9-6-1/h3,5H,(H2,4,8). The normalized spacial score (nSPS) is 36.7. The number of hydrogen-bond acceptors (Lipinski definition) is 5. The highest BCUT2D eigenvalue weighted by Crippen LogP contribution is 2.18. The van der Waals surface area contributed by atoms with E-state index in [1.54, 1.807) is 0 Å². The van der Waals surface area contributed by atoms with Crippen LogP contribution in [0.5, 0.6) is 0 Å². The molecule has 0 spiro atoms. The van der Waals surface area contributed by atoms with E-state index < -0.39 is 5.91 Å². The molecule has 0 radical (unpaired) electrons. The predicted molar refractivity (Wildman–Crippen MR) is 26.5 cm³/mol. The Morgan fingerprint density at radius 3 is 3.00 bits per heavy atom. The third-order valence-electron chi connectivity index (χ3n) is 1.15. The minimum atomic E-state index is -0.549. The molecule has 2 aliphatic rings. The monoisotopic (exact) mass is 128 g/mol. The number of fused-ring (bicyclic) bond motifs is 1. The molecule has 6 heteroatoms. The van der Waals surface area contributed by atoms with Crippen LogP contribution in [0.1, 0.15) is 0 Å². The fraction of sp³-hybridized carbons (Fsp3) is 0.333. The number of primary amides is 1. The van der Waals surface area contributed by atoms with Crippen molar-refractivity contribution < 1.29 is 9.73 Å². The van der Waals surface area contributed by atoms with Gasteiger partial charge in [0.2, 0.25) is 0 Å². The van der Waals surface area contributed by atoms with Crippen LogP contribution in [0.4, 0.5) is 0 Å². The van der Waals surface area contributed by atoms with Crippen LogP contribution in [0.15, 0.2) is 5.16 Å². The summed E-state index contributed by atoms with van der Waals surface area (Å²) in [4.78, 5) is 14.9. The Morgan fingerprint density at radius 2 is 2.78 bits per heavy atom. The first-order valence-electron chi connectivity index (χ1n) is 2.39. The zero-order chi connectivity index (χ0) is 6.43. The number of oxime groups is 1. The van der Waals surface area contributed by atoms with Gasteiger partial charge in [-0.1, -0.05) is 5.16 Å². The van der Waals surface area contributed by atoms with Gasteiger partial charge in [0.15, 0.2) is 11.9 Å². The first-order valence-corrected chi connectivity index (χ1v) is 2.39. The molecule has 2 aliphatic heterocycles. The van der Waals surface area contributed by atoms with Gasteiger partial charge in [-0.05, 0) is 5.17 Å². The van der Waals surface area contributed by atoms with Crippen LogP contribution in [-0.2, 0) is 9.73 Å². The highest BCUT2D eigenvalue weighted by Gasteiger charge is 2.48. The number of hydroxylamine groups is 1. The Labute approximate surface area is 50.2 Å². The van der Waals surface area contributed by atoms with E-state index in [2.05, 4.69) is 15.5 Å². The Bertz CT molecular complexity index is 200. The number of hydrogen-bond donors (Lipinski definition) is 2. The lowest BCUT2D eigenvalue weighted by Crippen LogP contribution is -2.27. The van der Waals surface area contributed by atoms with Gasteiger partial charge in [0.05, 0.1) is 0 Å². The van der Waals surface area contributed by atoms with Crippen molar-refractivity contribution in [3.05, 3.63) is 0 Å². The highest BCUT2D eigenvalue weighted by molar-refractivity contribution is 6.40. The molecule has 0 saturated carbocycles. The van der Waals surface area contributed by atoms with Crippen molar-refractivity contribution in [2.75, 3.05) is 0 Å². The Kier molecular flexibility index (Phi) is 0.642. The summed E-state index contributed by atoms with van der Waals surface area (Å²) in [6, 6.07) is 0. The molecule has 2 atom stereocenters. The van der Waals surface area contributed by atoms with Crippen LogP contribution in [-0.4, -0.2) is 23.0 Å². The third kappa shape index (κ3) is 0.508. The van der Waals surface area contributed by atoms with E-state index in [0.717, 1.165) is 0 Å². The molecule has 0 aromatic heterocycles. The summed E-state index contributed by atoms with van der Waals surface area (Å²) < 4.78 is 0. The minimum Gasteiger partial charge on any atom is -0.364 e. The van der Waals surface area contributed by atoms with Gasteiger partial charge in [-0.15, -0.1) is 0 Å². The van der Waals surface area contributed by atoms with E-state index in [9.17, 15) is 4.79 Å². The molecule has 0 aromatic rings. The summed E-state index contributed by atoms with van der Waals surface area (Å²) in [5.41, 5.74) is 7.81. The van der Waals surface area contributed by atoms with E-state index in [0.29, 0.717) is 0 Å². The SMILES string of the molecule is NC(=O)C1=NON2NC12. The summed E-state index contributed by atoms with van der Waals surface area (Å²) in [6.45, 7) is 0. The van der Waals surface area contributed by atoms with Crippen LogP contribution in [0, 0.1) is 0 Å². The van der Waals surface area contributed by atoms with Crippen LogP contribution in [0.3, 0.4) is 0 Å². The number of nitrogens with zero attached hydrogens (tertiary/aromatic N) is 2. The van der Waals surface area contributed by atoms with E-state index in [1.165, 1.54) is 5.17 Å². The zero-order valence-corrected chi connectivity index (χ0v) is 4.37. The smallest absolute Gasteiger partial charge is 0.269 e. The fourth-order valence-corrected chi connectivity index (χ4v) is 0.648. The van der Waals surface area contributed by atoms with Crippen molar-refractivity contribution in [3.63, 3.8) is 0 Å². The molecule has 2 unspecified atom stereocenters. The van der Waals surface area contributed by atoms with E-state index in [1.807, 2.05) is 0 Å². The summed E-state index contributed by atoms with van der Waals surface area (Å²) in [6.07, 6.45) is -0.192. The summed E-state index contributed by atoms with van der Waals surface area (Å²) in [5.74, 6) is -0.549. The molecule has 1 saturated heterocycles. The molecular weight excluding hydrogens is 124 g/mol. The zero-order valence-electron chi connectivity index (χ0n) is 4.37. The van der Waals surface area contributed by atoms with Crippen LogP contribution < -0.4 is 11.2 Å². The number of nitrogens with one attached hydrogen (secondary N) is 1. The second-order valence-electron chi connectivity index (χ2n) is 1.78. The van der Waals surface area contributed by atoms with E-state index in [-0.39, 0.29) is 11.9 Å². The van der Waals surface area contributed by atoms with E-state index in [4.69, 9.17) is 5.73 Å². The first kappa shape index (κ1) is 4.71. The molecule has 0 aliphatic carbocycles. The summed E-state index contributed by atoms with van der Waals surface area (Å²) >= 11 is 0. The van der Waals surface area contributed by atoms with Crippen molar-refractivity contribution in [1.82, 2.24) is 10.6 Å². The number of carbonyl (C=O) groups excluding carboxylic acids is 1. The average Bonchev–Trinajstić information content (AvgIpc) is 2.43. The van der Waals surface area contributed by atoms with Crippen molar-refractivity contribution in [3.8, 4) is 0 Å². The summed E-state index contributed by atoms with van der Waals surface area (Å²) in [5, 5.41) is 4.70. The van der Waals surface area contributed by atoms with Crippen LogP contribution in [0.25, 0.3) is 0 Å². The quantitative estimate of drug-likeness (QED) is 0.396. The number of carbonyl (C=O) groups is 1. The largest absolute Gasteiger partial charge is 0.364 e. The number of amides is 1. The second kappa shape index (κ2) is 1.23. The van der Waals surface area contributed by atoms with Gasteiger partial charge in [0.25, 0.3) is 5.91 Å². The van der Waals surface area contributed by atoms with Crippen molar-refractivity contribution in [1.29, 1.82) is 0 Å². The molecule has 0 aromatic carbocycles. The Balaban J connectivity index is 2.20.